The van der Waals surface area contributed by atoms with E-state index in [4.69, 9.17) is 10.5 Å². The maximum atomic E-state index is 11.5. The van der Waals surface area contributed by atoms with Crippen molar-refractivity contribution in [3.63, 3.8) is 0 Å². The predicted octanol–water partition coefficient (Wildman–Crippen LogP) is 0.325. The molecule has 1 atom stereocenters. The van der Waals surface area contributed by atoms with Crippen LogP contribution in [0.4, 0.5) is 0 Å². The summed E-state index contributed by atoms with van der Waals surface area (Å²) >= 11 is 0. The molecule has 0 saturated carbocycles. The Bertz CT molecular complexity index is 348. The normalized spacial score (nSPS) is 12.8. The number of ether oxygens (including phenoxy) is 1. The molecule has 0 amide bonds. The van der Waals surface area contributed by atoms with Crippen LogP contribution in [-0.4, -0.2) is 27.1 Å². The van der Waals surface area contributed by atoms with Crippen molar-refractivity contribution in [2.24, 2.45) is 11.7 Å². The molecule has 0 aliphatic rings. The van der Waals surface area contributed by atoms with Crippen LogP contribution in [0.3, 0.4) is 0 Å². The first-order valence-corrected chi connectivity index (χ1v) is 5.31. The van der Waals surface area contributed by atoms with Crippen LogP contribution in [0.15, 0.2) is 6.20 Å². The lowest BCUT2D eigenvalue weighted by Crippen LogP contribution is -2.23. The van der Waals surface area contributed by atoms with Crippen molar-refractivity contribution >= 4 is 5.97 Å². The summed E-state index contributed by atoms with van der Waals surface area (Å²) in [5.74, 6) is -0.00558. The minimum Gasteiger partial charge on any atom is -0.461 e. The van der Waals surface area contributed by atoms with Gasteiger partial charge in [-0.3, -0.25) is 4.79 Å². The Morgan fingerprint density at radius 2 is 2.25 bits per heavy atom. The van der Waals surface area contributed by atoms with Crippen LogP contribution in [0.2, 0.25) is 0 Å². The van der Waals surface area contributed by atoms with Gasteiger partial charge in [0.05, 0.1) is 11.9 Å². The van der Waals surface area contributed by atoms with Gasteiger partial charge in [-0.05, 0) is 12.8 Å². The van der Waals surface area contributed by atoms with Crippen molar-refractivity contribution in [3.8, 4) is 0 Å². The van der Waals surface area contributed by atoms with E-state index in [0.29, 0.717) is 18.2 Å². The Morgan fingerprint density at radius 1 is 1.56 bits per heavy atom. The Labute approximate surface area is 94.8 Å². The smallest absolute Gasteiger partial charge is 0.328 e. The average molecular weight is 226 g/mol. The second kappa shape index (κ2) is 5.60. The van der Waals surface area contributed by atoms with Gasteiger partial charge in [-0.2, -0.15) is 0 Å². The molecule has 1 rings (SSSR count). The van der Waals surface area contributed by atoms with E-state index in [0.717, 1.165) is 0 Å². The van der Waals surface area contributed by atoms with Crippen LogP contribution in [0.5, 0.6) is 0 Å². The molecule has 1 unspecified atom stereocenters. The highest BCUT2D eigenvalue weighted by Gasteiger charge is 2.13. The third kappa shape index (κ3) is 3.62. The zero-order valence-corrected chi connectivity index (χ0v) is 9.88. The van der Waals surface area contributed by atoms with Gasteiger partial charge in [-0.15, -0.1) is 5.10 Å². The van der Waals surface area contributed by atoms with E-state index in [1.807, 2.05) is 20.8 Å². The minimum atomic E-state index is -0.310. The fraction of sp³-hybridized carbons (Fsp3) is 0.700. The minimum absolute atomic E-state index is 0.0735. The van der Waals surface area contributed by atoms with Gasteiger partial charge < -0.3 is 10.5 Å². The van der Waals surface area contributed by atoms with Crippen LogP contribution < -0.4 is 5.73 Å². The van der Waals surface area contributed by atoms with E-state index in [1.165, 1.54) is 4.68 Å². The van der Waals surface area contributed by atoms with Crippen LogP contribution in [0.1, 0.15) is 26.5 Å². The van der Waals surface area contributed by atoms with E-state index < -0.39 is 0 Å². The average Bonchev–Trinajstić information content (AvgIpc) is 2.65. The highest BCUT2D eigenvalue weighted by molar-refractivity contribution is 5.69. The summed E-state index contributed by atoms with van der Waals surface area (Å²) in [7, 11) is 0. The fourth-order valence-electron chi connectivity index (χ4n) is 1.02. The number of aromatic nitrogens is 3. The summed E-state index contributed by atoms with van der Waals surface area (Å²) in [6, 6.07) is 0. The van der Waals surface area contributed by atoms with Gasteiger partial charge in [0, 0.05) is 6.54 Å². The molecule has 1 heterocycles. The number of rotatable bonds is 5. The Kier molecular flexibility index (Phi) is 4.42. The molecule has 0 aromatic carbocycles. The van der Waals surface area contributed by atoms with E-state index in [1.54, 1.807) is 6.20 Å². The molecule has 0 saturated heterocycles. The van der Waals surface area contributed by atoms with Crippen molar-refractivity contribution in [3.05, 3.63) is 11.9 Å². The molecule has 16 heavy (non-hydrogen) atoms. The van der Waals surface area contributed by atoms with Crippen molar-refractivity contribution in [2.45, 2.75) is 40.0 Å². The largest absolute Gasteiger partial charge is 0.461 e. The van der Waals surface area contributed by atoms with Gasteiger partial charge in [-0.1, -0.05) is 19.1 Å². The van der Waals surface area contributed by atoms with Crippen molar-refractivity contribution < 1.29 is 9.53 Å². The van der Waals surface area contributed by atoms with Gasteiger partial charge in [0.15, 0.2) is 0 Å². The molecule has 0 radical (unpaired) electrons. The zero-order chi connectivity index (χ0) is 12.1. The number of carbonyl (C=O) groups excluding carboxylic acids is 1. The lowest BCUT2D eigenvalue weighted by atomic mass is 10.1. The summed E-state index contributed by atoms with van der Waals surface area (Å²) in [4.78, 5) is 11.5. The van der Waals surface area contributed by atoms with E-state index in [2.05, 4.69) is 10.3 Å². The molecule has 2 N–H and O–H groups in total. The molecular formula is C10H18N4O2. The molecule has 0 fully saturated rings. The molecule has 1 aromatic rings. The van der Waals surface area contributed by atoms with Gasteiger partial charge in [0.25, 0.3) is 0 Å². The number of hydrogen-bond acceptors (Lipinski definition) is 5. The maximum Gasteiger partial charge on any atom is 0.328 e. The fourth-order valence-corrected chi connectivity index (χ4v) is 1.02. The van der Waals surface area contributed by atoms with E-state index in [-0.39, 0.29) is 18.6 Å². The summed E-state index contributed by atoms with van der Waals surface area (Å²) in [6.45, 7) is 6.26. The standard InChI is InChI=1S/C10H18N4O2/c1-7(2)8(3)16-10(15)6-14-5-9(4-11)12-13-14/h5,7-8H,4,6,11H2,1-3H3. The predicted molar refractivity (Wildman–Crippen MR) is 58.3 cm³/mol. The highest BCUT2D eigenvalue weighted by atomic mass is 16.5. The SMILES string of the molecule is CC(C)C(C)OC(=O)Cn1cc(CN)nn1. The first-order chi connectivity index (χ1) is 7.52. The van der Waals surface area contributed by atoms with Crippen molar-refractivity contribution in [2.75, 3.05) is 0 Å². The van der Waals surface area contributed by atoms with Crippen LogP contribution in [0.25, 0.3) is 0 Å². The molecule has 6 heteroatoms. The second-order valence-corrected chi connectivity index (χ2v) is 4.05. The van der Waals surface area contributed by atoms with Crippen LogP contribution in [0, 0.1) is 5.92 Å². The third-order valence-corrected chi connectivity index (χ3v) is 2.34. The molecule has 0 bridgehead atoms. The monoisotopic (exact) mass is 226 g/mol. The lowest BCUT2D eigenvalue weighted by Gasteiger charge is -2.16. The number of hydrogen-bond donors (Lipinski definition) is 1. The zero-order valence-electron chi connectivity index (χ0n) is 9.88. The Balaban J connectivity index is 2.45. The quantitative estimate of drug-likeness (QED) is 0.731. The topological polar surface area (TPSA) is 83.0 Å². The summed E-state index contributed by atoms with van der Waals surface area (Å²) in [6.07, 6.45) is 1.55. The third-order valence-electron chi connectivity index (χ3n) is 2.34. The Hall–Kier alpha value is -1.43. The van der Waals surface area contributed by atoms with Gasteiger partial charge in [0.2, 0.25) is 0 Å². The summed E-state index contributed by atoms with van der Waals surface area (Å²) in [5, 5.41) is 7.55. The molecule has 1 aromatic heterocycles. The second-order valence-electron chi connectivity index (χ2n) is 4.05. The molecular weight excluding hydrogens is 208 g/mol. The molecule has 0 aliphatic heterocycles. The molecule has 6 nitrogen and oxygen atoms in total. The highest BCUT2D eigenvalue weighted by Crippen LogP contribution is 2.05. The molecule has 90 valence electrons. The molecule has 0 aliphatic carbocycles. The van der Waals surface area contributed by atoms with Gasteiger partial charge >= 0.3 is 5.97 Å². The number of nitrogens with zero attached hydrogens (tertiary/aromatic N) is 3. The van der Waals surface area contributed by atoms with Crippen LogP contribution >= 0.6 is 0 Å². The van der Waals surface area contributed by atoms with Crippen molar-refractivity contribution in [1.82, 2.24) is 15.0 Å². The first-order valence-electron chi connectivity index (χ1n) is 5.31. The first kappa shape index (κ1) is 12.6. The summed E-state index contributed by atoms with van der Waals surface area (Å²) in [5.41, 5.74) is 6.04. The van der Waals surface area contributed by atoms with E-state index >= 15 is 0 Å². The lowest BCUT2D eigenvalue weighted by molar-refractivity contribution is -0.151. The maximum absolute atomic E-state index is 11.5. The van der Waals surface area contributed by atoms with Crippen molar-refractivity contribution in [1.29, 1.82) is 0 Å². The molecule has 0 spiro atoms. The van der Waals surface area contributed by atoms with Crippen LogP contribution in [-0.2, 0) is 22.6 Å². The van der Waals surface area contributed by atoms with Gasteiger partial charge in [-0.25, -0.2) is 4.68 Å². The van der Waals surface area contributed by atoms with Gasteiger partial charge in [0.1, 0.15) is 12.6 Å². The van der Waals surface area contributed by atoms with E-state index in [9.17, 15) is 4.79 Å². The Morgan fingerprint density at radius 3 is 2.75 bits per heavy atom. The number of nitrogens with two attached hydrogens (primary N) is 1. The summed E-state index contributed by atoms with van der Waals surface area (Å²) < 4.78 is 6.63. The number of esters is 1. The number of carbonyl (C=O) groups is 1.